The largest absolute Gasteiger partial charge is 0.446 e. The van der Waals surface area contributed by atoms with Crippen molar-refractivity contribution in [2.45, 2.75) is 154 Å². The predicted octanol–water partition coefficient (Wildman–Crippen LogP) is 8.66. The highest BCUT2D eigenvalue weighted by atomic mass is 32.2. The van der Waals surface area contributed by atoms with Gasteiger partial charge in [0.15, 0.2) is 0 Å². The van der Waals surface area contributed by atoms with Crippen molar-refractivity contribution in [2.75, 3.05) is 53.4 Å². The molecule has 0 fully saturated rings. The molecule has 9 heteroatoms. The average molecular weight is 622 g/mol. The van der Waals surface area contributed by atoms with Crippen molar-refractivity contribution in [3.05, 3.63) is 0 Å². The van der Waals surface area contributed by atoms with Crippen LogP contribution in [0.5, 0.6) is 0 Å². The number of nitrogens with zero attached hydrogens (tertiary/aromatic N) is 1. The zero-order valence-electron chi connectivity index (χ0n) is 28.1. The molecule has 0 saturated heterocycles. The lowest BCUT2D eigenvalue weighted by molar-refractivity contribution is -0.0956. The van der Waals surface area contributed by atoms with Gasteiger partial charge in [-0.1, -0.05) is 122 Å². The quantitative estimate of drug-likeness (QED) is 0.0565. The van der Waals surface area contributed by atoms with Crippen LogP contribution in [0.2, 0.25) is 0 Å². The highest BCUT2D eigenvalue weighted by Gasteiger charge is 2.27. The number of carbonyl (C=O) groups is 1. The first kappa shape index (κ1) is 41.1. The van der Waals surface area contributed by atoms with Gasteiger partial charge in [-0.25, -0.2) is 4.79 Å². The summed E-state index contributed by atoms with van der Waals surface area (Å²) in [4.78, 5) is 14.1. The molecule has 0 aromatic carbocycles. The summed E-state index contributed by atoms with van der Waals surface area (Å²) in [7, 11) is 0.0588. The number of carbonyl (C=O) groups excluding carboxylic acids is 1. The maximum Gasteiger partial charge on any atom is 0.409 e. The Hall–Kier alpha value is -0.900. The summed E-state index contributed by atoms with van der Waals surface area (Å²) >= 11 is 0. The van der Waals surface area contributed by atoms with Crippen LogP contribution in [0, 0.1) is 0 Å². The van der Waals surface area contributed by atoms with E-state index in [-0.39, 0.29) is 19.3 Å². The zero-order chi connectivity index (χ0) is 31.4. The Morgan fingerprint density at radius 1 is 0.667 bits per heavy atom. The Bertz CT molecular complexity index is 719. The van der Waals surface area contributed by atoms with Gasteiger partial charge in [0.2, 0.25) is 0 Å². The number of unbranched alkanes of at least 4 members (excludes halogenated alkanes) is 19. The van der Waals surface area contributed by atoms with E-state index in [0.717, 1.165) is 51.2 Å². The SMILES string of the molecule is CCCCCCCCCCCCCCCCCCN(C)C(=O)OCC(C)(COCCCCCCCOS(C)(=O)=O)OC. The van der Waals surface area contributed by atoms with E-state index in [9.17, 15) is 13.2 Å². The first-order valence-corrected chi connectivity index (χ1v) is 18.8. The second-order valence-electron chi connectivity index (χ2n) is 12.3. The van der Waals surface area contributed by atoms with Crippen LogP contribution < -0.4 is 0 Å². The summed E-state index contributed by atoms with van der Waals surface area (Å²) in [5, 5.41) is 0. The summed E-state index contributed by atoms with van der Waals surface area (Å²) in [6.45, 7) is 6.21. The van der Waals surface area contributed by atoms with Crippen molar-refractivity contribution in [3.63, 3.8) is 0 Å². The van der Waals surface area contributed by atoms with E-state index < -0.39 is 15.7 Å². The summed E-state index contributed by atoms with van der Waals surface area (Å²) in [5.74, 6) is 0. The lowest BCUT2D eigenvalue weighted by atomic mass is 10.0. The summed E-state index contributed by atoms with van der Waals surface area (Å²) in [5.41, 5.74) is -0.687. The molecule has 1 unspecified atom stereocenters. The Morgan fingerprint density at radius 3 is 1.55 bits per heavy atom. The van der Waals surface area contributed by atoms with E-state index in [1.807, 2.05) is 6.92 Å². The molecule has 0 N–H and O–H groups in total. The van der Waals surface area contributed by atoms with E-state index in [4.69, 9.17) is 18.4 Å². The third kappa shape index (κ3) is 27.9. The normalized spacial score (nSPS) is 13.3. The van der Waals surface area contributed by atoms with Crippen LogP contribution in [0.4, 0.5) is 4.79 Å². The molecule has 0 rings (SSSR count). The molecule has 1 atom stereocenters. The lowest BCUT2D eigenvalue weighted by Crippen LogP contribution is -2.41. The van der Waals surface area contributed by atoms with Gasteiger partial charge < -0.3 is 19.1 Å². The van der Waals surface area contributed by atoms with Gasteiger partial charge in [0.05, 0.1) is 19.5 Å². The highest BCUT2D eigenvalue weighted by molar-refractivity contribution is 7.85. The number of hydrogen-bond acceptors (Lipinski definition) is 7. The second kappa shape index (κ2) is 27.6. The number of hydrogen-bond donors (Lipinski definition) is 0. The van der Waals surface area contributed by atoms with Crippen molar-refractivity contribution < 1.29 is 31.6 Å². The minimum atomic E-state index is -3.34. The van der Waals surface area contributed by atoms with Gasteiger partial charge in [-0.05, 0) is 26.2 Å². The lowest BCUT2D eigenvalue weighted by Gasteiger charge is -2.28. The molecule has 0 saturated carbocycles. The molecule has 0 spiro atoms. The van der Waals surface area contributed by atoms with E-state index in [1.165, 1.54) is 89.9 Å². The standard InChI is InChI=1S/C33H67NO7S/c1-6-7-8-9-10-11-12-13-14-15-16-17-18-19-21-24-27-34(3)32(35)40-31-33(2,38-4)30-39-28-25-22-20-23-26-29-41-42(5,36)37/h6-31H2,1-5H3. The molecule has 0 aliphatic heterocycles. The van der Waals surface area contributed by atoms with Crippen molar-refractivity contribution in [3.8, 4) is 0 Å². The van der Waals surface area contributed by atoms with E-state index in [0.29, 0.717) is 19.8 Å². The van der Waals surface area contributed by atoms with Crippen molar-refractivity contribution in [1.82, 2.24) is 4.90 Å². The first-order chi connectivity index (χ1) is 20.1. The molecule has 0 aliphatic carbocycles. The molecule has 0 bridgehead atoms. The number of ether oxygens (including phenoxy) is 3. The Balaban J connectivity index is 3.68. The maximum absolute atomic E-state index is 12.4. The first-order valence-electron chi connectivity index (χ1n) is 17.0. The predicted molar refractivity (Wildman–Crippen MR) is 174 cm³/mol. The number of amides is 1. The van der Waals surface area contributed by atoms with Crippen molar-refractivity contribution in [2.24, 2.45) is 0 Å². The van der Waals surface area contributed by atoms with Gasteiger partial charge >= 0.3 is 6.09 Å². The van der Waals surface area contributed by atoms with Crippen LogP contribution in [-0.4, -0.2) is 78.4 Å². The van der Waals surface area contributed by atoms with Crippen LogP contribution in [-0.2, 0) is 28.5 Å². The van der Waals surface area contributed by atoms with E-state index >= 15 is 0 Å². The average Bonchev–Trinajstić information content (AvgIpc) is 2.96. The van der Waals surface area contributed by atoms with Crippen LogP contribution >= 0.6 is 0 Å². The van der Waals surface area contributed by atoms with Crippen LogP contribution in [0.25, 0.3) is 0 Å². The zero-order valence-corrected chi connectivity index (χ0v) is 28.9. The van der Waals surface area contributed by atoms with Crippen LogP contribution in [0.1, 0.15) is 149 Å². The van der Waals surface area contributed by atoms with E-state index in [1.54, 1.807) is 19.1 Å². The molecule has 42 heavy (non-hydrogen) atoms. The molecular formula is C33H67NO7S. The number of methoxy groups -OCH3 is 1. The van der Waals surface area contributed by atoms with Gasteiger partial charge in [0, 0.05) is 27.3 Å². The summed E-state index contributed by atoms with van der Waals surface area (Å²) in [6, 6.07) is 0. The Kier molecular flexibility index (Phi) is 27.0. The molecule has 252 valence electrons. The molecule has 0 aliphatic rings. The summed E-state index contributed by atoms with van der Waals surface area (Å²) in [6.07, 6.45) is 26.7. The highest BCUT2D eigenvalue weighted by Crippen LogP contribution is 2.15. The van der Waals surface area contributed by atoms with Gasteiger partial charge in [-0.2, -0.15) is 8.42 Å². The Morgan fingerprint density at radius 2 is 1.10 bits per heavy atom. The van der Waals surface area contributed by atoms with E-state index in [2.05, 4.69) is 6.92 Å². The minimum absolute atomic E-state index is 0.145. The van der Waals surface area contributed by atoms with Gasteiger partial charge in [-0.3, -0.25) is 4.18 Å². The van der Waals surface area contributed by atoms with Crippen LogP contribution in [0.3, 0.4) is 0 Å². The third-order valence-electron chi connectivity index (χ3n) is 7.79. The molecule has 0 aromatic heterocycles. The molecule has 0 aromatic rings. The van der Waals surface area contributed by atoms with Gasteiger partial charge in [0.1, 0.15) is 12.2 Å². The fourth-order valence-corrected chi connectivity index (χ4v) is 5.23. The van der Waals surface area contributed by atoms with Gasteiger partial charge in [-0.15, -0.1) is 0 Å². The second-order valence-corrected chi connectivity index (χ2v) is 13.9. The molecule has 0 heterocycles. The molecular weight excluding hydrogens is 554 g/mol. The number of rotatable bonds is 31. The maximum atomic E-state index is 12.4. The Labute approximate surface area is 260 Å². The van der Waals surface area contributed by atoms with Crippen LogP contribution in [0.15, 0.2) is 0 Å². The molecule has 1 amide bonds. The van der Waals surface area contributed by atoms with Crippen molar-refractivity contribution in [1.29, 1.82) is 0 Å². The monoisotopic (exact) mass is 621 g/mol. The topological polar surface area (TPSA) is 91.4 Å². The van der Waals surface area contributed by atoms with Crippen molar-refractivity contribution >= 4 is 16.2 Å². The molecule has 0 radical (unpaired) electrons. The third-order valence-corrected chi connectivity index (χ3v) is 8.39. The smallest absolute Gasteiger partial charge is 0.409 e. The summed E-state index contributed by atoms with van der Waals surface area (Å²) < 4.78 is 43.5. The van der Waals surface area contributed by atoms with Gasteiger partial charge in [0.25, 0.3) is 10.1 Å². The molecule has 8 nitrogen and oxygen atoms in total. The minimum Gasteiger partial charge on any atom is -0.446 e. The fourth-order valence-electron chi connectivity index (χ4n) is 4.81. The fraction of sp³-hybridized carbons (Fsp3) is 0.970.